The van der Waals surface area contributed by atoms with E-state index in [2.05, 4.69) is 24.4 Å². The van der Waals surface area contributed by atoms with Crippen LogP contribution in [0.2, 0.25) is 0 Å². The SMILES string of the molecule is CC(C)c1ccccc1OCC(=O)NN=Cc1ccc(N(C)C)cc1. The molecule has 2 aromatic carbocycles. The average molecular weight is 339 g/mol. The minimum Gasteiger partial charge on any atom is -0.483 e. The van der Waals surface area contributed by atoms with Crippen LogP contribution >= 0.6 is 0 Å². The molecule has 0 aliphatic carbocycles. The summed E-state index contributed by atoms with van der Waals surface area (Å²) in [5, 5.41) is 3.97. The van der Waals surface area contributed by atoms with Crippen molar-refractivity contribution in [2.75, 3.05) is 25.6 Å². The van der Waals surface area contributed by atoms with E-state index in [1.54, 1.807) is 6.21 Å². The molecule has 1 N–H and O–H groups in total. The Balaban J connectivity index is 1.84. The second-order valence-electron chi connectivity index (χ2n) is 6.26. The lowest BCUT2D eigenvalue weighted by atomic mass is 10.0. The highest BCUT2D eigenvalue weighted by Crippen LogP contribution is 2.25. The third-order valence-electron chi connectivity index (χ3n) is 3.71. The zero-order chi connectivity index (χ0) is 18.2. The third-order valence-corrected chi connectivity index (χ3v) is 3.71. The molecule has 0 atom stereocenters. The van der Waals surface area contributed by atoms with E-state index in [1.165, 1.54) is 0 Å². The molecule has 0 aromatic heterocycles. The van der Waals surface area contributed by atoms with Gasteiger partial charge in [0.05, 0.1) is 6.21 Å². The number of carbonyl (C=O) groups is 1. The molecule has 5 nitrogen and oxygen atoms in total. The quantitative estimate of drug-likeness (QED) is 0.621. The number of benzene rings is 2. The van der Waals surface area contributed by atoms with Gasteiger partial charge in [0.25, 0.3) is 5.91 Å². The Morgan fingerprint density at radius 3 is 2.48 bits per heavy atom. The van der Waals surface area contributed by atoms with Crippen LogP contribution in [0, 0.1) is 0 Å². The number of amides is 1. The fourth-order valence-corrected chi connectivity index (χ4v) is 2.30. The molecule has 0 aliphatic heterocycles. The maximum Gasteiger partial charge on any atom is 0.277 e. The van der Waals surface area contributed by atoms with Crippen LogP contribution in [-0.2, 0) is 4.79 Å². The monoisotopic (exact) mass is 339 g/mol. The van der Waals surface area contributed by atoms with E-state index in [0.29, 0.717) is 5.92 Å². The highest BCUT2D eigenvalue weighted by Gasteiger charge is 2.08. The summed E-state index contributed by atoms with van der Waals surface area (Å²) in [5.41, 5.74) is 5.59. The number of anilines is 1. The van der Waals surface area contributed by atoms with Crippen LogP contribution in [-0.4, -0.2) is 32.8 Å². The van der Waals surface area contributed by atoms with Gasteiger partial charge in [-0.2, -0.15) is 5.10 Å². The van der Waals surface area contributed by atoms with E-state index in [4.69, 9.17) is 4.74 Å². The van der Waals surface area contributed by atoms with Crippen molar-refractivity contribution in [1.82, 2.24) is 5.43 Å². The molecule has 132 valence electrons. The van der Waals surface area contributed by atoms with E-state index >= 15 is 0 Å². The summed E-state index contributed by atoms with van der Waals surface area (Å²) in [6.45, 7) is 4.11. The summed E-state index contributed by atoms with van der Waals surface area (Å²) >= 11 is 0. The van der Waals surface area contributed by atoms with Gasteiger partial charge in [-0.25, -0.2) is 5.43 Å². The number of nitrogens with zero attached hydrogens (tertiary/aromatic N) is 2. The fraction of sp³-hybridized carbons (Fsp3) is 0.300. The molecule has 0 fully saturated rings. The first-order chi connectivity index (χ1) is 12.0. The van der Waals surface area contributed by atoms with Gasteiger partial charge >= 0.3 is 0 Å². The van der Waals surface area contributed by atoms with Crippen molar-refractivity contribution in [3.8, 4) is 5.75 Å². The van der Waals surface area contributed by atoms with Crippen LogP contribution in [0.5, 0.6) is 5.75 Å². The van der Waals surface area contributed by atoms with Crippen molar-refractivity contribution in [1.29, 1.82) is 0 Å². The number of para-hydroxylation sites is 1. The van der Waals surface area contributed by atoms with Crippen molar-refractivity contribution in [2.24, 2.45) is 5.10 Å². The van der Waals surface area contributed by atoms with E-state index in [0.717, 1.165) is 22.6 Å². The topological polar surface area (TPSA) is 53.9 Å². The van der Waals surface area contributed by atoms with E-state index in [9.17, 15) is 4.79 Å². The number of nitrogens with one attached hydrogen (secondary N) is 1. The zero-order valence-corrected chi connectivity index (χ0v) is 15.2. The largest absolute Gasteiger partial charge is 0.483 e. The number of hydrogen-bond donors (Lipinski definition) is 1. The lowest BCUT2D eigenvalue weighted by Crippen LogP contribution is -2.24. The van der Waals surface area contributed by atoms with Gasteiger partial charge in [0, 0.05) is 19.8 Å². The molecule has 0 radical (unpaired) electrons. The molecular formula is C20H25N3O2. The number of carbonyl (C=O) groups excluding carboxylic acids is 1. The maximum atomic E-state index is 11.9. The van der Waals surface area contributed by atoms with Gasteiger partial charge in [-0.05, 0) is 35.2 Å². The summed E-state index contributed by atoms with van der Waals surface area (Å²) < 4.78 is 5.61. The van der Waals surface area contributed by atoms with Crippen LogP contribution in [0.3, 0.4) is 0 Å². The normalized spacial score (nSPS) is 10.9. The van der Waals surface area contributed by atoms with Crippen LogP contribution in [0.15, 0.2) is 53.6 Å². The van der Waals surface area contributed by atoms with Gasteiger partial charge in [-0.3, -0.25) is 4.79 Å². The number of ether oxygens (including phenoxy) is 1. The lowest BCUT2D eigenvalue weighted by molar-refractivity contribution is -0.123. The number of rotatable bonds is 7. The van der Waals surface area contributed by atoms with Gasteiger partial charge in [0.2, 0.25) is 0 Å². The molecule has 5 heteroatoms. The molecule has 0 saturated heterocycles. The Morgan fingerprint density at radius 1 is 1.16 bits per heavy atom. The first-order valence-electron chi connectivity index (χ1n) is 8.28. The Morgan fingerprint density at radius 2 is 1.84 bits per heavy atom. The van der Waals surface area contributed by atoms with Crippen LogP contribution in [0.1, 0.15) is 30.9 Å². The highest BCUT2D eigenvalue weighted by molar-refractivity contribution is 5.83. The number of hydrazone groups is 1. The van der Waals surface area contributed by atoms with E-state index in [-0.39, 0.29) is 12.5 Å². The Kier molecular flexibility index (Phi) is 6.57. The summed E-state index contributed by atoms with van der Waals surface area (Å²) in [7, 11) is 3.97. The standard InChI is InChI=1S/C20H25N3O2/c1-15(2)18-7-5-6-8-19(18)25-14-20(24)22-21-13-16-9-11-17(12-10-16)23(3)4/h5-13,15H,14H2,1-4H3,(H,22,24). The van der Waals surface area contributed by atoms with Crippen molar-refractivity contribution in [2.45, 2.75) is 19.8 Å². The summed E-state index contributed by atoms with van der Waals surface area (Å²) in [6.07, 6.45) is 1.61. The molecule has 25 heavy (non-hydrogen) atoms. The van der Waals surface area contributed by atoms with Crippen molar-refractivity contribution in [3.05, 3.63) is 59.7 Å². The molecule has 0 unspecified atom stereocenters. The summed E-state index contributed by atoms with van der Waals surface area (Å²) in [6, 6.07) is 15.6. The zero-order valence-electron chi connectivity index (χ0n) is 15.2. The second-order valence-corrected chi connectivity index (χ2v) is 6.26. The van der Waals surface area contributed by atoms with Gasteiger partial charge < -0.3 is 9.64 Å². The van der Waals surface area contributed by atoms with Gasteiger partial charge in [-0.15, -0.1) is 0 Å². The average Bonchev–Trinajstić information content (AvgIpc) is 2.60. The molecule has 0 bridgehead atoms. The third kappa shape index (κ3) is 5.64. The molecule has 0 heterocycles. The molecular weight excluding hydrogens is 314 g/mol. The molecule has 0 aliphatic rings. The Labute approximate surface area is 149 Å². The van der Waals surface area contributed by atoms with Gasteiger partial charge in [0.15, 0.2) is 6.61 Å². The van der Waals surface area contributed by atoms with Crippen LogP contribution < -0.4 is 15.1 Å². The molecule has 2 rings (SSSR count). The van der Waals surface area contributed by atoms with Crippen molar-refractivity contribution in [3.63, 3.8) is 0 Å². The fourth-order valence-electron chi connectivity index (χ4n) is 2.30. The van der Waals surface area contributed by atoms with Gasteiger partial charge in [0.1, 0.15) is 5.75 Å². The number of hydrogen-bond acceptors (Lipinski definition) is 4. The molecule has 2 aromatic rings. The van der Waals surface area contributed by atoms with E-state index < -0.39 is 0 Å². The highest BCUT2D eigenvalue weighted by atomic mass is 16.5. The Bertz CT molecular complexity index is 722. The second kappa shape index (κ2) is 8.87. The molecule has 0 spiro atoms. The van der Waals surface area contributed by atoms with E-state index in [1.807, 2.05) is 67.5 Å². The predicted octanol–water partition coefficient (Wildman–Crippen LogP) is 3.41. The summed E-state index contributed by atoms with van der Waals surface area (Å²) in [4.78, 5) is 13.9. The van der Waals surface area contributed by atoms with Crippen molar-refractivity contribution < 1.29 is 9.53 Å². The van der Waals surface area contributed by atoms with Crippen LogP contribution in [0.4, 0.5) is 5.69 Å². The molecule has 0 saturated carbocycles. The smallest absolute Gasteiger partial charge is 0.277 e. The summed E-state index contributed by atoms with van der Waals surface area (Å²) in [5.74, 6) is 0.776. The Hall–Kier alpha value is -2.82. The predicted molar refractivity (Wildman–Crippen MR) is 103 cm³/mol. The minimum absolute atomic E-state index is 0.0688. The maximum absolute atomic E-state index is 11.9. The minimum atomic E-state index is -0.292. The lowest BCUT2D eigenvalue weighted by Gasteiger charge is -2.13. The molecule has 1 amide bonds. The van der Waals surface area contributed by atoms with Crippen LogP contribution in [0.25, 0.3) is 0 Å². The van der Waals surface area contributed by atoms with Crippen molar-refractivity contribution >= 4 is 17.8 Å². The first kappa shape index (κ1) is 18.5. The first-order valence-corrected chi connectivity index (χ1v) is 8.28. The van der Waals surface area contributed by atoms with Gasteiger partial charge in [-0.1, -0.05) is 44.2 Å².